The molecule has 0 N–H and O–H groups in total. The van der Waals surface area contributed by atoms with Crippen LogP contribution in [0, 0.1) is 0 Å². The van der Waals surface area contributed by atoms with Crippen LogP contribution in [-0.2, 0) is 17.5 Å². The lowest BCUT2D eigenvalue weighted by Gasteiger charge is -2.38. The highest BCUT2D eigenvalue weighted by atomic mass is 35.5. The normalized spacial score (nSPS) is 15.1. The maximum Gasteiger partial charge on any atom is 0.416 e. The van der Waals surface area contributed by atoms with Gasteiger partial charge in [-0.15, -0.1) is 12.4 Å². The van der Waals surface area contributed by atoms with Gasteiger partial charge in [-0.1, -0.05) is 60.7 Å². The van der Waals surface area contributed by atoms with Crippen LogP contribution in [0.4, 0.5) is 18.9 Å². The summed E-state index contributed by atoms with van der Waals surface area (Å²) in [6.07, 6.45) is 0.0598. The molecule has 0 aromatic heterocycles. The molecule has 3 aromatic rings. The number of carbonyl (C=O) groups excluding carboxylic acids is 1. The SMILES string of the molecule is Cl.O=C(C=Cc1cccc(C(F)(F)F)c1)N(c1ccccc1)C1CCN(Cc2ccccc2)CC1. The van der Waals surface area contributed by atoms with E-state index in [1.165, 1.54) is 23.8 Å². The molecule has 0 spiro atoms. The third-order valence-corrected chi connectivity index (χ3v) is 6.08. The average Bonchev–Trinajstić information content (AvgIpc) is 2.85. The van der Waals surface area contributed by atoms with E-state index in [1.54, 1.807) is 11.0 Å². The van der Waals surface area contributed by atoms with Crippen molar-refractivity contribution in [2.75, 3.05) is 18.0 Å². The van der Waals surface area contributed by atoms with Crippen molar-refractivity contribution in [3.05, 3.63) is 108 Å². The van der Waals surface area contributed by atoms with Gasteiger partial charge in [-0.2, -0.15) is 13.2 Å². The first kappa shape index (κ1) is 26.5. The van der Waals surface area contributed by atoms with Gasteiger partial charge < -0.3 is 4.90 Å². The number of anilines is 1. The zero-order valence-electron chi connectivity index (χ0n) is 19.2. The topological polar surface area (TPSA) is 23.6 Å². The Kier molecular flexibility index (Phi) is 9.13. The Hall–Kier alpha value is -3.09. The van der Waals surface area contributed by atoms with Crippen molar-refractivity contribution in [3.63, 3.8) is 0 Å². The van der Waals surface area contributed by atoms with Gasteiger partial charge in [-0.25, -0.2) is 0 Å². The maximum absolute atomic E-state index is 13.3. The number of nitrogens with zero attached hydrogens (tertiary/aromatic N) is 2. The van der Waals surface area contributed by atoms with Crippen LogP contribution < -0.4 is 4.90 Å². The minimum Gasteiger partial charge on any atom is -0.306 e. The van der Waals surface area contributed by atoms with Crippen molar-refractivity contribution in [3.8, 4) is 0 Å². The first-order valence-electron chi connectivity index (χ1n) is 11.4. The standard InChI is InChI=1S/C28H27F3N2O.ClH/c29-28(30,31)24-11-7-10-22(20-24)14-15-27(34)33(25-12-5-2-6-13-25)26-16-18-32(19-17-26)21-23-8-3-1-4-9-23;/h1-15,20,26H,16-19,21H2;1H. The second kappa shape index (κ2) is 12.0. The number of likely N-dealkylation sites (tertiary alicyclic amines) is 1. The highest BCUT2D eigenvalue weighted by Crippen LogP contribution is 2.30. The molecule has 1 fully saturated rings. The van der Waals surface area contributed by atoms with Crippen molar-refractivity contribution in [1.82, 2.24) is 4.90 Å². The fourth-order valence-corrected chi connectivity index (χ4v) is 4.35. The molecule has 0 radical (unpaired) electrons. The van der Waals surface area contributed by atoms with E-state index in [2.05, 4.69) is 17.0 Å². The second-order valence-electron chi connectivity index (χ2n) is 8.49. The fraction of sp³-hybridized carbons (Fsp3) is 0.250. The van der Waals surface area contributed by atoms with E-state index in [-0.39, 0.29) is 24.4 Å². The van der Waals surface area contributed by atoms with Gasteiger partial charge in [0.05, 0.1) is 5.56 Å². The van der Waals surface area contributed by atoms with Crippen LogP contribution in [0.15, 0.2) is 91.0 Å². The van der Waals surface area contributed by atoms with Crippen molar-refractivity contribution >= 4 is 30.1 Å². The third-order valence-electron chi connectivity index (χ3n) is 6.08. The fourth-order valence-electron chi connectivity index (χ4n) is 4.35. The van der Waals surface area contributed by atoms with Crippen LogP contribution in [0.5, 0.6) is 0 Å². The van der Waals surface area contributed by atoms with E-state index < -0.39 is 11.7 Å². The molecule has 1 aliphatic rings. The third kappa shape index (κ3) is 7.20. The summed E-state index contributed by atoms with van der Waals surface area (Å²) in [5, 5.41) is 0. The number of piperidine rings is 1. The molecule has 1 amide bonds. The molecule has 3 aromatic carbocycles. The molecule has 1 heterocycles. The molecule has 1 aliphatic heterocycles. The van der Waals surface area contributed by atoms with E-state index in [4.69, 9.17) is 0 Å². The Morgan fingerprint density at radius 3 is 2.17 bits per heavy atom. The largest absolute Gasteiger partial charge is 0.416 e. The molecular weight excluding hydrogens is 473 g/mol. The maximum atomic E-state index is 13.3. The molecule has 184 valence electrons. The minimum atomic E-state index is -4.42. The Bertz CT molecular complexity index is 1110. The number of para-hydroxylation sites is 1. The van der Waals surface area contributed by atoms with Crippen molar-refractivity contribution < 1.29 is 18.0 Å². The number of alkyl halides is 3. The van der Waals surface area contributed by atoms with Crippen LogP contribution >= 0.6 is 12.4 Å². The van der Waals surface area contributed by atoms with Gasteiger partial charge in [0.15, 0.2) is 0 Å². The number of rotatable bonds is 6. The highest BCUT2D eigenvalue weighted by molar-refractivity contribution is 6.04. The van der Waals surface area contributed by atoms with Gasteiger partial charge in [-0.3, -0.25) is 9.69 Å². The quantitative estimate of drug-likeness (QED) is 0.346. The second-order valence-corrected chi connectivity index (χ2v) is 8.49. The van der Waals surface area contributed by atoms with E-state index in [9.17, 15) is 18.0 Å². The van der Waals surface area contributed by atoms with Crippen molar-refractivity contribution in [1.29, 1.82) is 0 Å². The summed E-state index contributed by atoms with van der Waals surface area (Å²) in [7, 11) is 0. The highest BCUT2D eigenvalue weighted by Gasteiger charge is 2.30. The van der Waals surface area contributed by atoms with E-state index in [0.717, 1.165) is 50.3 Å². The predicted molar refractivity (Wildman–Crippen MR) is 136 cm³/mol. The zero-order valence-corrected chi connectivity index (χ0v) is 20.0. The van der Waals surface area contributed by atoms with Crippen molar-refractivity contribution in [2.45, 2.75) is 31.6 Å². The lowest BCUT2D eigenvalue weighted by atomic mass is 10.0. The number of hydrogen-bond donors (Lipinski definition) is 0. The molecule has 1 saturated heterocycles. The van der Waals surface area contributed by atoms with Crippen molar-refractivity contribution in [2.24, 2.45) is 0 Å². The molecular formula is C28H28ClF3N2O. The zero-order chi connectivity index (χ0) is 24.0. The summed E-state index contributed by atoms with van der Waals surface area (Å²) in [6, 6.07) is 24.8. The predicted octanol–water partition coefficient (Wildman–Crippen LogP) is 6.84. The Morgan fingerprint density at radius 2 is 1.54 bits per heavy atom. The molecule has 0 aliphatic carbocycles. The van der Waals surface area contributed by atoms with Gasteiger partial charge in [0, 0.05) is 37.4 Å². The van der Waals surface area contributed by atoms with Crippen LogP contribution in [-0.4, -0.2) is 29.9 Å². The van der Waals surface area contributed by atoms with Crippen LogP contribution in [0.1, 0.15) is 29.5 Å². The summed E-state index contributed by atoms with van der Waals surface area (Å²) in [5.74, 6) is -0.231. The Morgan fingerprint density at radius 1 is 0.914 bits per heavy atom. The Balaban J connectivity index is 0.00000342. The summed E-state index contributed by atoms with van der Waals surface area (Å²) in [5.41, 5.74) is 1.67. The lowest BCUT2D eigenvalue weighted by Crippen LogP contribution is -2.47. The molecule has 35 heavy (non-hydrogen) atoms. The molecule has 7 heteroatoms. The van der Waals surface area contributed by atoms with E-state index in [1.807, 2.05) is 48.5 Å². The van der Waals surface area contributed by atoms with Crippen LogP contribution in [0.3, 0.4) is 0 Å². The first-order valence-corrected chi connectivity index (χ1v) is 11.4. The first-order chi connectivity index (χ1) is 16.4. The van der Waals surface area contributed by atoms with Gasteiger partial charge >= 0.3 is 6.18 Å². The Labute approximate surface area is 210 Å². The minimum absolute atomic E-state index is 0. The monoisotopic (exact) mass is 500 g/mol. The van der Waals surface area contributed by atoms with Gasteiger partial charge in [0.1, 0.15) is 0 Å². The molecule has 3 nitrogen and oxygen atoms in total. The smallest absolute Gasteiger partial charge is 0.306 e. The summed E-state index contributed by atoms with van der Waals surface area (Å²) >= 11 is 0. The number of amides is 1. The van der Waals surface area contributed by atoms with Gasteiger partial charge in [0.2, 0.25) is 0 Å². The summed E-state index contributed by atoms with van der Waals surface area (Å²) in [6.45, 7) is 2.61. The lowest BCUT2D eigenvalue weighted by molar-refractivity contribution is -0.137. The van der Waals surface area contributed by atoms with Crippen LogP contribution in [0.2, 0.25) is 0 Å². The molecule has 4 rings (SSSR count). The average molecular weight is 501 g/mol. The number of halogens is 4. The van der Waals surface area contributed by atoms with Gasteiger partial charge in [-0.05, 0) is 54.3 Å². The molecule has 0 saturated carbocycles. The van der Waals surface area contributed by atoms with Crippen LogP contribution in [0.25, 0.3) is 6.08 Å². The number of hydrogen-bond acceptors (Lipinski definition) is 2. The number of benzene rings is 3. The number of carbonyl (C=O) groups is 1. The summed E-state index contributed by atoms with van der Waals surface area (Å²) < 4.78 is 39.1. The molecule has 0 unspecified atom stereocenters. The van der Waals surface area contributed by atoms with E-state index in [0.29, 0.717) is 5.56 Å². The molecule has 0 bridgehead atoms. The molecule has 0 atom stereocenters. The summed E-state index contributed by atoms with van der Waals surface area (Å²) in [4.78, 5) is 17.4. The van der Waals surface area contributed by atoms with Gasteiger partial charge in [0.25, 0.3) is 5.91 Å². The van der Waals surface area contributed by atoms with E-state index >= 15 is 0 Å².